The normalized spacial score (nSPS) is 5.81. The van der Waals surface area contributed by atoms with Crippen LogP contribution in [0.3, 0.4) is 0 Å². The van der Waals surface area contributed by atoms with Gasteiger partial charge in [0.1, 0.15) is 0 Å². The van der Waals surface area contributed by atoms with E-state index in [1.165, 1.54) is 0 Å². The van der Waals surface area contributed by atoms with Gasteiger partial charge in [0.05, 0.1) is 0 Å². The Bertz CT molecular complexity index is 162. The third-order valence-corrected chi connectivity index (χ3v) is 0. The molecule has 0 rings (SSSR count). The van der Waals surface area contributed by atoms with Gasteiger partial charge in [-0.2, -0.15) is 4.21 Å². The second-order valence-electron chi connectivity index (χ2n) is 0.652. The van der Waals surface area contributed by atoms with Crippen LogP contribution in [0.2, 0.25) is 0 Å². The van der Waals surface area contributed by atoms with Crippen molar-refractivity contribution in [3.8, 4) is 0 Å². The van der Waals surface area contributed by atoms with Gasteiger partial charge in [-0.3, -0.25) is 13.3 Å². The Balaban J connectivity index is -0.00000000614. The summed E-state index contributed by atoms with van der Waals surface area (Å²) in [4.78, 5) is 0. The van der Waals surface area contributed by atoms with Crippen LogP contribution in [0.1, 0.15) is 0 Å². The van der Waals surface area contributed by atoms with E-state index in [9.17, 15) is 0 Å². The summed E-state index contributed by atoms with van der Waals surface area (Å²) in [7, 11) is -3.83. The molecule has 0 fully saturated rings. The molecule has 0 aromatic rings. The molecule has 0 aromatic carbocycles. The average Bonchev–Trinajstić information content (AvgIpc) is 1.19. The van der Waals surface area contributed by atoms with Gasteiger partial charge in [0.15, 0.2) is 0 Å². The molecule has 0 saturated heterocycles. The second-order valence-corrected chi connectivity index (χ2v) is 3.26. The van der Waals surface area contributed by atoms with Crippen molar-refractivity contribution in [1.29, 1.82) is 0 Å². The first-order valence-corrected chi connectivity index (χ1v) is 4.60. The zero-order valence-corrected chi connectivity index (χ0v) is 14.7. The van der Waals surface area contributed by atoms with E-state index in [2.05, 4.69) is 11.2 Å². The first-order valence-electron chi connectivity index (χ1n) is 1.20. The fourth-order valence-corrected chi connectivity index (χ4v) is 0. The van der Waals surface area contributed by atoms with Gasteiger partial charge in [-0.15, -0.1) is 11.4 Å². The van der Waals surface area contributed by atoms with Crippen molar-refractivity contribution < 1.29 is 113 Å². The standard InChI is InChI=1S/2Na.H2O3S2.H2O3S.5H2O/c;;1-5(2,3)4;1-4(2)3;;;;;/h;;(H2,1,2,3,4);(H2,1,2,3);5*1H2/q2*+1;;;;;;;/p-2. The number of rotatable bonds is 0. The summed E-state index contributed by atoms with van der Waals surface area (Å²) in [6, 6.07) is 0. The minimum absolute atomic E-state index is 0. The molecule has 0 aliphatic rings. The van der Waals surface area contributed by atoms with Crippen LogP contribution in [-0.4, -0.2) is 54.0 Å². The van der Waals surface area contributed by atoms with E-state index in [4.69, 9.17) is 26.6 Å². The van der Waals surface area contributed by atoms with E-state index in [1.807, 2.05) is 0 Å². The van der Waals surface area contributed by atoms with Gasteiger partial charge >= 0.3 is 59.1 Å². The fraction of sp³-hybridized carbons (Fsp3) is 0. The first kappa shape index (κ1) is 63.7. The molecule has 11 nitrogen and oxygen atoms in total. The van der Waals surface area contributed by atoms with Gasteiger partial charge in [-0.25, -0.2) is 0 Å². The largest absolute Gasteiger partial charge is 1.00 e. The maximum Gasteiger partial charge on any atom is 1.00 e. The van der Waals surface area contributed by atoms with E-state index in [0.717, 1.165) is 0 Å². The van der Waals surface area contributed by atoms with E-state index < -0.39 is 20.4 Å². The third-order valence-electron chi connectivity index (χ3n) is 0. The Kier molecular flexibility index (Phi) is 143. The molecule has 12 N–H and O–H groups in total. The molecule has 0 bridgehead atoms. The van der Waals surface area contributed by atoms with Gasteiger partial charge in [0, 0.05) is 11.2 Å². The van der Waals surface area contributed by atoms with Crippen molar-refractivity contribution in [2.75, 3.05) is 0 Å². The van der Waals surface area contributed by atoms with Crippen molar-refractivity contribution >= 4 is 31.6 Å². The molecule has 0 spiro atoms. The van der Waals surface area contributed by atoms with Gasteiger partial charge in [0.2, 0.25) is 0 Å². The molecule has 0 unspecified atom stereocenters. The van der Waals surface area contributed by atoms with Crippen molar-refractivity contribution in [3.63, 3.8) is 0 Å². The quantitative estimate of drug-likeness (QED) is 0.319. The van der Waals surface area contributed by atoms with Crippen molar-refractivity contribution in [3.05, 3.63) is 0 Å². The third kappa shape index (κ3) is 796. The molecule has 16 heteroatoms. The monoisotopic (exact) mass is 330 g/mol. The zero-order chi connectivity index (χ0) is 8.08. The van der Waals surface area contributed by atoms with Crippen LogP contribution < -0.4 is 59.1 Å². The molecule has 98 valence electrons. The summed E-state index contributed by atoms with van der Waals surface area (Å²) >= 11 is 0.354. The van der Waals surface area contributed by atoms with Crippen LogP contribution in [0.5, 0.6) is 0 Å². The van der Waals surface area contributed by atoms with Crippen LogP contribution in [0.15, 0.2) is 0 Å². The molecule has 0 aliphatic carbocycles. The van der Waals surface area contributed by atoms with Crippen LogP contribution in [-0.2, 0) is 31.6 Å². The van der Waals surface area contributed by atoms with Crippen LogP contribution >= 0.6 is 0 Å². The Hall–Kier alpha value is 2.16. The average molecular weight is 330 g/mol. The summed E-state index contributed by atoms with van der Waals surface area (Å²) < 4.78 is 49.3. The molecule has 0 heterocycles. The molecule has 0 radical (unpaired) electrons. The van der Waals surface area contributed by atoms with E-state index in [-0.39, 0.29) is 86.5 Å². The molecule has 0 saturated carbocycles. The van der Waals surface area contributed by atoms with E-state index >= 15 is 0 Å². The summed E-state index contributed by atoms with van der Waals surface area (Å²) in [5, 5.41) is 0. The smallest absolute Gasteiger partial charge is 0.784 e. The predicted molar refractivity (Wildman–Crippen MR) is 48.5 cm³/mol. The molecule has 0 aliphatic heterocycles. The maximum absolute atomic E-state index is 9.11. The molecular weight excluding hydrogens is 318 g/mol. The Labute approximate surface area is 143 Å². The van der Waals surface area contributed by atoms with Crippen LogP contribution in [0.25, 0.3) is 0 Å². The Morgan fingerprint density at radius 3 is 0.938 bits per heavy atom. The number of hydrogen-bond donors (Lipinski definition) is 2. The molecule has 0 aromatic heterocycles. The minimum Gasteiger partial charge on any atom is -0.784 e. The molecular formula is H12Na2O11S3. The zero-order valence-electron chi connectivity index (χ0n) is 8.25. The molecule has 0 amide bonds. The summed E-state index contributed by atoms with van der Waals surface area (Å²) in [6.07, 6.45) is 0. The van der Waals surface area contributed by atoms with Crippen molar-refractivity contribution in [2.24, 2.45) is 0 Å². The molecule has 16 heavy (non-hydrogen) atoms. The predicted octanol–water partition coefficient (Wildman–Crippen LogP) is -11.4. The topological polar surface area (TPSA) is 278 Å². The van der Waals surface area contributed by atoms with Crippen LogP contribution in [0.4, 0.5) is 0 Å². The second kappa shape index (κ2) is 36.0. The van der Waals surface area contributed by atoms with Gasteiger partial charge in [-0.1, -0.05) is 0 Å². The van der Waals surface area contributed by atoms with Crippen molar-refractivity contribution in [1.82, 2.24) is 0 Å². The van der Waals surface area contributed by atoms with Gasteiger partial charge in [0.25, 0.3) is 9.05 Å². The van der Waals surface area contributed by atoms with E-state index in [1.54, 1.807) is 0 Å². The van der Waals surface area contributed by atoms with Crippen molar-refractivity contribution in [2.45, 2.75) is 0 Å². The number of hydrogen-bond acceptors (Lipinski definition) is 5. The SMILES string of the molecule is O.O.O.O.O.O=S(O)(O)=S.O=S([O-])[O-].[Na+].[Na+]. The molecule has 0 atom stereocenters. The Morgan fingerprint density at radius 1 is 0.938 bits per heavy atom. The Morgan fingerprint density at radius 2 is 0.938 bits per heavy atom. The summed E-state index contributed by atoms with van der Waals surface area (Å²) in [5.41, 5.74) is 0. The minimum atomic E-state index is -3.83. The van der Waals surface area contributed by atoms with Crippen LogP contribution in [0, 0.1) is 0 Å². The first-order chi connectivity index (χ1) is 3.73. The maximum atomic E-state index is 9.11. The van der Waals surface area contributed by atoms with Gasteiger partial charge in [-0.05, 0) is 0 Å². The van der Waals surface area contributed by atoms with Gasteiger partial charge < -0.3 is 36.5 Å². The summed E-state index contributed by atoms with van der Waals surface area (Å²) in [5.74, 6) is 0. The fourth-order valence-electron chi connectivity index (χ4n) is 0. The van der Waals surface area contributed by atoms with E-state index in [0.29, 0.717) is 0 Å². The summed E-state index contributed by atoms with van der Waals surface area (Å²) in [6.45, 7) is 0.